The number of para-hydroxylation sites is 1. The van der Waals surface area contributed by atoms with Gasteiger partial charge in [-0.3, -0.25) is 14.9 Å². The summed E-state index contributed by atoms with van der Waals surface area (Å²) in [4.78, 5) is 34.1. The minimum absolute atomic E-state index is 0.0135. The molecule has 142 valence electrons. The first kappa shape index (κ1) is 19.7. The van der Waals surface area contributed by atoms with E-state index in [0.717, 1.165) is 0 Å². The van der Waals surface area contributed by atoms with E-state index in [-0.39, 0.29) is 30.2 Å². The number of carbonyl (C=O) groups excluding carboxylic acids is 2. The fraction of sp³-hybridized carbons (Fsp3) is 0.222. The van der Waals surface area contributed by atoms with Crippen LogP contribution in [0.5, 0.6) is 11.5 Å². The van der Waals surface area contributed by atoms with Gasteiger partial charge in [-0.05, 0) is 18.2 Å². The van der Waals surface area contributed by atoms with E-state index >= 15 is 0 Å². The van der Waals surface area contributed by atoms with E-state index in [1.165, 1.54) is 38.5 Å². The first-order valence-corrected chi connectivity index (χ1v) is 7.84. The number of amides is 1. The standard InChI is InChI=1S/C18H18N2O7/c1-25-15-8-7-12(9-16(15)27-11-17(21)26-2)18(22)19-10-13-5-3-4-6-14(13)20(23)24/h3-9H,10-11H2,1-2H3,(H,19,22). The van der Waals surface area contributed by atoms with Crippen LogP contribution >= 0.6 is 0 Å². The fourth-order valence-corrected chi connectivity index (χ4v) is 2.24. The Hall–Kier alpha value is -3.62. The quantitative estimate of drug-likeness (QED) is 0.427. The number of carbonyl (C=O) groups is 2. The lowest BCUT2D eigenvalue weighted by molar-refractivity contribution is -0.385. The van der Waals surface area contributed by atoms with Crippen LogP contribution in [0.25, 0.3) is 0 Å². The van der Waals surface area contributed by atoms with Gasteiger partial charge in [-0.1, -0.05) is 18.2 Å². The van der Waals surface area contributed by atoms with Crippen LogP contribution in [0.4, 0.5) is 5.69 Å². The van der Waals surface area contributed by atoms with Crippen molar-refractivity contribution in [3.63, 3.8) is 0 Å². The summed E-state index contributed by atoms with van der Waals surface area (Å²) in [5.41, 5.74) is 0.551. The Morgan fingerprint density at radius 3 is 2.52 bits per heavy atom. The molecule has 0 spiro atoms. The number of methoxy groups -OCH3 is 2. The largest absolute Gasteiger partial charge is 0.493 e. The third-order valence-electron chi connectivity index (χ3n) is 3.63. The van der Waals surface area contributed by atoms with Gasteiger partial charge in [0.05, 0.1) is 19.1 Å². The van der Waals surface area contributed by atoms with Crippen molar-refractivity contribution in [3.8, 4) is 11.5 Å². The molecule has 0 fully saturated rings. The molecule has 0 saturated carbocycles. The number of hydrogen-bond donors (Lipinski definition) is 1. The molecule has 1 amide bonds. The van der Waals surface area contributed by atoms with Gasteiger partial charge in [-0.25, -0.2) is 4.79 Å². The van der Waals surface area contributed by atoms with Gasteiger partial charge in [0.1, 0.15) is 0 Å². The van der Waals surface area contributed by atoms with E-state index in [4.69, 9.17) is 9.47 Å². The first-order chi connectivity index (χ1) is 13.0. The summed E-state index contributed by atoms with van der Waals surface area (Å²) in [6.45, 7) is -0.353. The summed E-state index contributed by atoms with van der Waals surface area (Å²) in [5.74, 6) is -0.502. The number of benzene rings is 2. The summed E-state index contributed by atoms with van der Waals surface area (Å²) in [5, 5.41) is 13.6. The highest BCUT2D eigenvalue weighted by atomic mass is 16.6. The zero-order chi connectivity index (χ0) is 19.8. The van der Waals surface area contributed by atoms with Crippen molar-refractivity contribution in [3.05, 3.63) is 63.7 Å². The van der Waals surface area contributed by atoms with Gasteiger partial charge < -0.3 is 19.5 Å². The molecule has 0 atom stereocenters. The molecule has 0 saturated heterocycles. The third kappa shape index (κ3) is 5.18. The molecule has 1 N–H and O–H groups in total. The monoisotopic (exact) mass is 374 g/mol. The second kappa shape index (κ2) is 9.18. The van der Waals surface area contributed by atoms with Crippen molar-refractivity contribution in [1.29, 1.82) is 0 Å². The number of nitro groups is 1. The maximum Gasteiger partial charge on any atom is 0.343 e. The topological polar surface area (TPSA) is 117 Å². The molecule has 0 aliphatic carbocycles. The molecule has 9 nitrogen and oxygen atoms in total. The van der Waals surface area contributed by atoms with Gasteiger partial charge >= 0.3 is 5.97 Å². The number of nitrogens with one attached hydrogen (secondary N) is 1. The van der Waals surface area contributed by atoms with Gasteiger partial charge in [-0.2, -0.15) is 0 Å². The number of ether oxygens (including phenoxy) is 3. The van der Waals surface area contributed by atoms with Crippen LogP contribution in [0, 0.1) is 10.1 Å². The maximum atomic E-state index is 12.4. The highest BCUT2D eigenvalue weighted by Gasteiger charge is 2.16. The van der Waals surface area contributed by atoms with E-state index in [1.54, 1.807) is 18.2 Å². The lowest BCUT2D eigenvalue weighted by Crippen LogP contribution is -2.23. The molecule has 0 heterocycles. The van der Waals surface area contributed by atoms with Crippen LogP contribution in [0.2, 0.25) is 0 Å². The van der Waals surface area contributed by atoms with Crippen molar-refractivity contribution in [1.82, 2.24) is 5.32 Å². The van der Waals surface area contributed by atoms with Crippen LogP contribution < -0.4 is 14.8 Å². The zero-order valence-electron chi connectivity index (χ0n) is 14.8. The predicted octanol–water partition coefficient (Wildman–Crippen LogP) is 2.09. The number of nitro benzene ring substituents is 1. The molecule has 2 rings (SSSR count). The Labute approximate surface area is 155 Å². The molecule has 0 bridgehead atoms. The molecule has 2 aromatic rings. The Morgan fingerprint density at radius 1 is 1.11 bits per heavy atom. The SMILES string of the molecule is COC(=O)COc1cc(C(=O)NCc2ccccc2[N+](=O)[O-])ccc1OC. The van der Waals surface area contributed by atoms with Gasteiger partial charge in [-0.15, -0.1) is 0 Å². The number of nitrogens with zero attached hydrogens (tertiary/aromatic N) is 1. The molecular weight excluding hydrogens is 356 g/mol. The zero-order valence-corrected chi connectivity index (χ0v) is 14.8. The third-order valence-corrected chi connectivity index (χ3v) is 3.63. The van der Waals surface area contributed by atoms with Crippen LogP contribution in [0.3, 0.4) is 0 Å². The molecular formula is C18H18N2O7. The minimum Gasteiger partial charge on any atom is -0.493 e. The summed E-state index contributed by atoms with van der Waals surface area (Å²) in [7, 11) is 2.66. The smallest absolute Gasteiger partial charge is 0.343 e. The highest BCUT2D eigenvalue weighted by molar-refractivity contribution is 5.94. The maximum absolute atomic E-state index is 12.4. The molecule has 0 radical (unpaired) electrons. The van der Waals surface area contributed by atoms with E-state index in [2.05, 4.69) is 10.1 Å². The van der Waals surface area contributed by atoms with Crippen molar-refractivity contribution in [2.75, 3.05) is 20.8 Å². The van der Waals surface area contributed by atoms with E-state index in [1.807, 2.05) is 0 Å². The summed E-state index contributed by atoms with van der Waals surface area (Å²) in [6, 6.07) is 10.6. The van der Waals surface area contributed by atoms with Crippen LogP contribution in [0.1, 0.15) is 15.9 Å². The lowest BCUT2D eigenvalue weighted by Gasteiger charge is -2.12. The molecule has 27 heavy (non-hydrogen) atoms. The van der Waals surface area contributed by atoms with Gasteiger partial charge in [0.15, 0.2) is 18.1 Å². The highest BCUT2D eigenvalue weighted by Crippen LogP contribution is 2.28. The van der Waals surface area contributed by atoms with Gasteiger partial charge in [0.2, 0.25) is 0 Å². The first-order valence-electron chi connectivity index (χ1n) is 7.84. The summed E-state index contributed by atoms with van der Waals surface area (Å²) in [6.07, 6.45) is 0. The fourth-order valence-electron chi connectivity index (χ4n) is 2.24. The number of esters is 1. The van der Waals surface area contributed by atoms with Crippen LogP contribution in [0.15, 0.2) is 42.5 Å². The minimum atomic E-state index is -0.580. The second-order valence-corrected chi connectivity index (χ2v) is 5.30. The molecule has 0 aromatic heterocycles. The average molecular weight is 374 g/mol. The predicted molar refractivity (Wildman–Crippen MR) is 94.8 cm³/mol. The Bertz CT molecular complexity index is 851. The van der Waals surface area contributed by atoms with Gasteiger partial charge in [0.25, 0.3) is 11.6 Å². The van der Waals surface area contributed by atoms with E-state index < -0.39 is 16.8 Å². The normalized spacial score (nSPS) is 10.0. The molecule has 0 unspecified atom stereocenters. The molecule has 0 aliphatic heterocycles. The Balaban J connectivity index is 2.12. The van der Waals surface area contributed by atoms with Gasteiger partial charge in [0, 0.05) is 23.7 Å². The van der Waals surface area contributed by atoms with E-state index in [0.29, 0.717) is 11.3 Å². The number of hydrogen-bond acceptors (Lipinski definition) is 7. The van der Waals surface area contributed by atoms with Crippen molar-refractivity contribution in [2.45, 2.75) is 6.54 Å². The molecule has 0 aliphatic rings. The second-order valence-electron chi connectivity index (χ2n) is 5.30. The van der Waals surface area contributed by atoms with Crippen molar-refractivity contribution >= 4 is 17.6 Å². The average Bonchev–Trinajstić information content (AvgIpc) is 2.69. The molecule has 2 aromatic carbocycles. The Morgan fingerprint density at radius 2 is 1.85 bits per heavy atom. The van der Waals surface area contributed by atoms with Crippen LogP contribution in [-0.4, -0.2) is 37.6 Å². The lowest BCUT2D eigenvalue weighted by atomic mass is 10.1. The Kier molecular flexibility index (Phi) is 6.70. The number of rotatable bonds is 8. The van der Waals surface area contributed by atoms with Crippen molar-refractivity contribution < 1.29 is 28.7 Å². The van der Waals surface area contributed by atoms with Crippen molar-refractivity contribution in [2.24, 2.45) is 0 Å². The molecule has 9 heteroatoms. The summed E-state index contributed by atoms with van der Waals surface area (Å²) >= 11 is 0. The summed E-state index contributed by atoms with van der Waals surface area (Å²) < 4.78 is 15.0. The van der Waals surface area contributed by atoms with Crippen LogP contribution in [-0.2, 0) is 16.1 Å². The van der Waals surface area contributed by atoms with E-state index in [9.17, 15) is 19.7 Å².